The fourth-order valence-electron chi connectivity index (χ4n) is 3.81. The summed E-state index contributed by atoms with van der Waals surface area (Å²) < 4.78 is 10.8. The summed E-state index contributed by atoms with van der Waals surface area (Å²) in [6.45, 7) is 7.85. The lowest BCUT2D eigenvalue weighted by atomic mass is 10.1. The molecule has 0 radical (unpaired) electrons. The number of benzene rings is 1. The third-order valence-electron chi connectivity index (χ3n) is 5.53. The fourth-order valence-corrected chi connectivity index (χ4v) is 3.81. The van der Waals surface area contributed by atoms with Crippen LogP contribution in [-0.4, -0.2) is 44.9 Å². The maximum atomic E-state index is 5.45. The summed E-state index contributed by atoms with van der Waals surface area (Å²) in [7, 11) is 3.52. The molecule has 0 aliphatic carbocycles. The van der Waals surface area contributed by atoms with E-state index < -0.39 is 0 Å². The number of hydrogen-bond donors (Lipinski definition) is 2. The van der Waals surface area contributed by atoms with E-state index in [4.69, 9.17) is 9.26 Å². The highest BCUT2D eigenvalue weighted by Gasteiger charge is 2.23. The van der Waals surface area contributed by atoms with Crippen molar-refractivity contribution in [1.82, 2.24) is 15.8 Å². The number of methoxy groups -OCH3 is 1. The van der Waals surface area contributed by atoms with Crippen LogP contribution in [0.5, 0.6) is 5.75 Å². The topological polar surface area (TPSA) is 74.9 Å². The Labute approximate surface area is 196 Å². The van der Waals surface area contributed by atoms with Gasteiger partial charge in [-0.1, -0.05) is 25.1 Å². The number of hydrogen-bond acceptors (Lipinski definition) is 5. The number of anilines is 1. The van der Waals surface area contributed by atoms with Crippen LogP contribution in [0.3, 0.4) is 0 Å². The average Bonchev–Trinajstić information content (AvgIpc) is 3.40. The summed E-state index contributed by atoms with van der Waals surface area (Å²) >= 11 is 0. The molecule has 3 rings (SSSR count). The second-order valence-electron chi connectivity index (χ2n) is 7.35. The number of guanidine groups is 1. The van der Waals surface area contributed by atoms with Gasteiger partial charge < -0.3 is 24.8 Å². The van der Waals surface area contributed by atoms with Gasteiger partial charge >= 0.3 is 0 Å². The van der Waals surface area contributed by atoms with Crippen LogP contribution in [-0.2, 0) is 19.4 Å². The summed E-state index contributed by atoms with van der Waals surface area (Å²) in [4.78, 5) is 6.79. The van der Waals surface area contributed by atoms with E-state index in [1.165, 1.54) is 5.69 Å². The van der Waals surface area contributed by atoms with Crippen molar-refractivity contribution in [2.45, 2.75) is 39.7 Å². The molecule has 1 aliphatic rings. The van der Waals surface area contributed by atoms with Crippen LogP contribution in [0.2, 0.25) is 0 Å². The summed E-state index contributed by atoms with van der Waals surface area (Å²) in [6, 6.07) is 8.28. The van der Waals surface area contributed by atoms with Crippen LogP contribution in [0, 0.1) is 5.92 Å². The zero-order valence-electron chi connectivity index (χ0n) is 18.4. The summed E-state index contributed by atoms with van der Waals surface area (Å²) in [5.74, 6) is 3.25. The van der Waals surface area contributed by atoms with E-state index in [2.05, 4.69) is 51.7 Å². The average molecular weight is 527 g/mol. The third-order valence-corrected chi connectivity index (χ3v) is 5.53. The SMILES string of the molecule is CCc1noc(CC)c1CNC(=NC)NCC1CCN(c2cccc(OC)c2)C1.I. The molecule has 2 N–H and O–H groups in total. The van der Waals surface area contributed by atoms with Gasteiger partial charge in [0.25, 0.3) is 0 Å². The van der Waals surface area contributed by atoms with Gasteiger partial charge in [-0.2, -0.15) is 0 Å². The molecule has 2 aromatic rings. The molecule has 1 aromatic carbocycles. The first-order valence-electron chi connectivity index (χ1n) is 10.5. The zero-order chi connectivity index (χ0) is 20.6. The first-order chi connectivity index (χ1) is 14.2. The van der Waals surface area contributed by atoms with Crippen molar-refractivity contribution in [3.63, 3.8) is 0 Å². The third kappa shape index (κ3) is 6.02. The molecule has 0 saturated carbocycles. The van der Waals surface area contributed by atoms with E-state index in [1.54, 1.807) is 7.11 Å². The minimum atomic E-state index is 0. The molecule has 1 aromatic heterocycles. The number of nitrogens with zero attached hydrogens (tertiary/aromatic N) is 3. The standard InChI is InChI=1S/C22H33N5O2.HI/c1-5-20-19(21(6-2)29-26-20)14-25-22(23-3)24-13-16-10-11-27(15-16)17-8-7-9-18(12-17)28-4;/h7-9,12,16H,5-6,10-11,13-15H2,1-4H3,(H2,23,24,25);1H. The van der Waals surface area contributed by atoms with Gasteiger partial charge in [0.2, 0.25) is 0 Å². The first-order valence-corrected chi connectivity index (χ1v) is 10.5. The Morgan fingerprint density at radius 1 is 1.30 bits per heavy atom. The number of rotatable bonds is 8. The molecule has 1 aliphatic heterocycles. The molecule has 0 amide bonds. The van der Waals surface area contributed by atoms with Crippen molar-refractivity contribution in [2.24, 2.45) is 10.9 Å². The highest BCUT2D eigenvalue weighted by molar-refractivity contribution is 14.0. The van der Waals surface area contributed by atoms with Crippen molar-refractivity contribution in [3.8, 4) is 5.75 Å². The van der Waals surface area contributed by atoms with Crippen molar-refractivity contribution < 1.29 is 9.26 Å². The van der Waals surface area contributed by atoms with E-state index in [0.717, 1.165) is 67.6 Å². The second-order valence-corrected chi connectivity index (χ2v) is 7.35. The second kappa shape index (κ2) is 12.0. The molecule has 30 heavy (non-hydrogen) atoms. The van der Waals surface area contributed by atoms with E-state index in [0.29, 0.717) is 12.5 Å². The Kier molecular flexibility index (Phi) is 9.74. The molecule has 1 fully saturated rings. The number of nitrogens with one attached hydrogen (secondary N) is 2. The van der Waals surface area contributed by atoms with Gasteiger partial charge in [-0.25, -0.2) is 0 Å². The molecular formula is C22H34IN5O2. The Balaban J connectivity index is 0.00000320. The molecule has 166 valence electrons. The molecule has 2 heterocycles. The number of aromatic nitrogens is 1. The zero-order valence-corrected chi connectivity index (χ0v) is 20.7. The minimum Gasteiger partial charge on any atom is -0.497 e. The smallest absolute Gasteiger partial charge is 0.191 e. The lowest BCUT2D eigenvalue weighted by Gasteiger charge is -2.20. The molecule has 7 nitrogen and oxygen atoms in total. The molecule has 1 unspecified atom stereocenters. The largest absolute Gasteiger partial charge is 0.497 e. The Hall–Kier alpha value is -1.97. The van der Waals surface area contributed by atoms with Crippen molar-refractivity contribution in [1.29, 1.82) is 0 Å². The Morgan fingerprint density at radius 2 is 2.13 bits per heavy atom. The van der Waals surface area contributed by atoms with Crippen LogP contribution in [0.1, 0.15) is 37.3 Å². The predicted molar refractivity (Wildman–Crippen MR) is 132 cm³/mol. The highest BCUT2D eigenvalue weighted by atomic mass is 127. The molecule has 8 heteroatoms. The number of ether oxygens (including phenoxy) is 1. The van der Waals surface area contributed by atoms with E-state index >= 15 is 0 Å². The van der Waals surface area contributed by atoms with E-state index in [9.17, 15) is 0 Å². The van der Waals surface area contributed by atoms with Crippen LogP contribution >= 0.6 is 24.0 Å². The molecule has 1 saturated heterocycles. The lowest BCUT2D eigenvalue weighted by Crippen LogP contribution is -2.40. The number of aryl methyl sites for hydroxylation is 2. The van der Waals surface area contributed by atoms with Crippen LogP contribution < -0.4 is 20.3 Å². The molecule has 1 atom stereocenters. The molecular weight excluding hydrogens is 493 g/mol. The van der Waals surface area contributed by atoms with Crippen LogP contribution in [0.4, 0.5) is 5.69 Å². The van der Waals surface area contributed by atoms with Gasteiger partial charge in [0.15, 0.2) is 5.96 Å². The van der Waals surface area contributed by atoms with Crippen LogP contribution in [0.25, 0.3) is 0 Å². The minimum absolute atomic E-state index is 0. The fraction of sp³-hybridized carbons (Fsp3) is 0.545. The van der Waals surface area contributed by atoms with Gasteiger partial charge in [-0.05, 0) is 30.9 Å². The highest BCUT2D eigenvalue weighted by Crippen LogP contribution is 2.26. The summed E-state index contributed by atoms with van der Waals surface area (Å²) in [5.41, 5.74) is 3.40. The van der Waals surface area contributed by atoms with Crippen molar-refractivity contribution in [2.75, 3.05) is 38.7 Å². The quantitative estimate of drug-likeness (QED) is 0.311. The lowest BCUT2D eigenvalue weighted by molar-refractivity contribution is 0.380. The molecule has 0 spiro atoms. The predicted octanol–water partition coefficient (Wildman–Crippen LogP) is 3.62. The maximum Gasteiger partial charge on any atom is 0.191 e. The van der Waals surface area contributed by atoms with Gasteiger partial charge in [0.1, 0.15) is 11.5 Å². The first kappa shape index (κ1) is 24.3. The van der Waals surface area contributed by atoms with Crippen LogP contribution in [0.15, 0.2) is 33.8 Å². The Morgan fingerprint density at radius 3 is 2.83 bits per heavy atom. The monoisotopic (exact) mass is 527 g/mol. The van der Waals surface area contributed by atoms with E-state index in [-0.39, 0.29) is 24.0 Å². The van der Waals surface area contributed by atoms with Gasteiger partial charge in [-0.15, -0.1) is 24.0 Å². The van der Waals surface area contributed by atoms with E-state index in [1.807, 2.05) is 19.2 Å². The normalized spacial score (nSPS) is 16.3. The van der Waals surface area contributed by atoms with Crippen molar-refractivity contribution >= 4 is 35.6 Å². The summed E-state index contributed by atoms with van der Waals surface area (Å²) in [5, 5.41) is 11.1. The molecule has 0 bridgehead atoms. The van der Waals surface area contributed by atoms with Gasteiger partial charge in [0, 0.05) is 57.0 Å². The van der Waals surface area contributed by atoms with Gasteiger partial charge in [0.05, 0.1) is 12.8 Å². The van der Waals surface area contributed by atoms with Gasteiger partial charge in [-0.3, -0.25) is 4.99 Å². The number of halogens is 1. The Bertz CT molecular complexity index is 802. The van der Waals surface area contributed by atoms with Crippen molar-refractivity contribution in [3.05, 3.63) is 41.3 Å². The number of aliphatic imine (C=N–C) groups is 1. The summed E-state index contributed by atoms with van der Waals surface area (Å²) in [6.07, 6.45) is 2.87. The maximum absolute atomic E-state index is 5.45.